The number of hydrogen-bond donors (Lipinski definition) is 1. The lowest BCUT2D eigenvalue weighted by atomic mass is 10.0. The number of nitrogens with zero attached hydrogens (tertiary/aromatic N) is 1. The van der Waals surface area contributed by atoms with Gasteiger partial charge < -0.3 is 9.84 Å². The molecule has 1 aromatic heterocycles. The smallest absolute Gasteiger partial charge is 0.347 e. The van der Waals surface area contributed by atoms with E-state index in [-0.39, 0.29) is 11.5 Å². The lowest BCUT2D eigenvalue weighted by Gasteiger charge is -2.05. The van der Waals surface area contributed by atoms with Gasteiger partial charge in [0, 0.05) is 12.7 Å². The van der Waals surface area contributed by atoms with Gasteiger partial charge in [0.15, 0.2) is 0 Å². The first kappa shape index (κ1) is 13.7. The molecule has 0 amide bonds. The number of benzene rings is 1. The lowest BCUT2D eigenvalue weighted by molar-refractivity contribution is 0.0697. The zero-order chi connectivity index (χ0) is 14.0. The van der Waals surface area contributed by atoms with E-state index in [4.69, 9.17) is 4.74 Å². The van der Waals surface area contributed by atoms with E-state index in [1.54, 1.807) is 0 Å². The number of hydrogen-bond acceptors (Lipinski definition) is 4. The largest absolute Gasteiger partial charge is 0.477 e. The Morgan fingerprint density at radius 3 is 2.53 bits per heavy atom. The number of aromatic nitrogens is 1. The second-order valence-electron chi connectivity index (χ2n) is 4.30. The molecule has 0 spiro atoms. The first-order chi connectivity index (χ1) is 9.04. The summed E-state index contributed by atoms with van der Waals surface area (Å²) < 4.78 is 5.01. The van der Waals surface area contributed by atoms with Crippen LogP contribution in [0.5, 0.6) is 0 Å². The summed E-state index contributed by atoms with van der Waals surface area (Å²) in [6, 6.07) is 5.98. The monoisotopic (exact) mass is 277 g/mol. The minimum absolute atomic E-state index is 0.211. The van der Waals surface area contributed by atoms with E-state index in [2.05, 4.69) is 4.98 Å². The van der Waals surface area contributed by atoms with E-state index in [1.807, 2.05) is 32.0 Å². The normalized spacial score (nSPS) is 10.7. The summed E-state index contributed by atoms with van der Waals surface area (Å²) in [6.45, 7) is 4.21. The highest BCUT2D eigenvalue weighted by molar-refractivity contribution is 7.17. The van der Waals surface area contributed by atoms with Crippen molar-refractivity contribution in [2.45, 2.75) is 20.5 Å². The maximum Gasteiger partial charge on any atom is 0.347 e. The molecule has 0 radical (unpaired) electrons. The second kappa shape index (κ2) is 5.50. The molecule has 1 aromatic carbocycles. The maximum absolute atomic E-state index is 11.2. The van der Waals surface area contributed by atoms with Crippen LogP contribution < -0.4 is 0 Å². The fourth-order valence-corrected chi connectivity index (χ4v) is 3.10. The van der Waals surface area contributed by atoms with Crippen LogP contribution in [0.2, 0.25) is 0 Å². The van der Waals surface area contributed by atoms with Crippen LogP contribution in [0.25, 0.3) is 10.6 Å². The summed E-state index contributed by atoms with van der Waals surface area (Å²) in [5.41, 5.74) is 3.68. The molecule has 1 N–H and O–H groups in total. The predicted molar refractivity (Wildman–Crippen MR) is 74.7 cm³/mol. The SMILES string of the molecule is COCc1nc(-c2c(C)cccc2C)sc1C(=O)O. The topological polar surface area (TPSA) is 59.4 Å². The Morgan fingerprint density at radius 2 is 2.00 bits per heavy atom. The highest BCUT2D eigenvalue weighted by Gasteiger charge is 2.19. The van der Waals surface area contributed by atoms with Gasteiger partial charge in [-0.2, -0.15) is 0 Å². The molecule has 0 atom stereocenters. The molecule has 5 heteroatoms. The molecule has 2 rings (SSSR count). The third-order valence-electron chi connectivity index (χ3n) is 2.87. The number of aryl methyl sites for hydroxylation is 2. The van der Waals surface area contributed by atoms with Crippen LogP contribution in [0, 0.1) is 13.8 Å². The van der Waals surface area contributed by atoms with E-state index in [9.17, 15) is 9.90 Å². The van der Waals surface area contributed by atoms with Gasteiger partial charge in [-0.05, 0) is 25.0 Å². The molecule has 0 aliphatic heterocycles. The van der Waals surface area contributed by atoms with Gasteiger partial charge in [-0.3, -0.25) is 0 Å². The quantitative estimate of drug-likeness (QED) is 0.931. The minimum Gasteiger partial charge on any atom is -0.477 e. The van der Waals surface area contributed by atoms with E-state index in [0.29, 0.717) is 5.69 Å². The number of carbonyl (C=O) groups is 1. The van der Waals surface area contributed by atoms with Gasteiger partial charge in [-0.25, -0.2) is 9.78 Å². The maximum atomic E-state index is 11.2. The number of ether oxygens (including phenoxy) is 1. The highest BCUT2D eigenvalue weighted by Crippen LogP contribution is 2.33. The first-order valence-corrected chi connectivity index (χ1v) is 6.64. The van der Waals surface area contributed by atoms with Crippen molar-refractivity contribution in [3.05, 3.63) is 39.9 Å². The Balaban J connectivity index is 2.57. The molecule has 0 saturated carbocycles. The van der Waals surface area contributed by atoms with Crippen molar-refractivity contribution in [3.63, 3.8) is 0 Å². The average molecular weight is 277 g/mol. The number of methoxy groups -OCH3 is 1. The summed E-state index contributed by atoms with van der Waals surface area (Å²) in [7, 11) is 1.53. The molecule has 0 bridgehead atoms. The van der Waals surface area contributed by atoms with Crippen LogP contribution >= 0.6 is 11.3 Å². The van der Waals surface area contributed by atoms with Crippen LogP contribution in [0.15, 0.2) is 18.2 Å². The van der Waals surface area contributed by atoms with Gasteiger partial charge in [-0.1, -0.05) is 18.2 Å². The van der Waals surface area contributed by atoms with Crippen molar-refractivity contribution in [1.82, 2.24) is 4.98 Å². The van der Waals surface area contributed by atoms with Crippen LogP contribution in [0.3, 0.4) is 0 Å². The zero-order valence-electron chi connectivity index (χ0n) is 11.1. The van der Waals surface area contributed by atoms with Crippen LogP contribution in [-0.2, 0) is 11.3 Å². The van der Waals surface area contributed by atoms with Gasteiger partial charge in [0.25, 0.3) is 0 Å². The van der Waals surface area contributed by atoms with Crippen molar-refractivity contribution < 1.29 is 14.6 Å². The highest BCUT2D eigenvalue weighted by atomic mass is 32.1. The fourth-order valence-electron chi connectivity index (χ4n) is 2.01. The van der Waals surface area contributed by atoms with Crippen LogP contribution in [0.4, 0.5) is 0 Å². The van der Waals surface area contributed by atoms with Gasteiger partial charge in [0.2, 0.25) is 0 Å². The molecule has 0 saturated heterocycles. The minimum atomic E-state index is -0.956. The summed E-state index contributed by atoms with van der Waals surface area (Å²) in [4.78, 5) is 15.9. The van der Waals surface area contributed by atoms with Crippen molar-refractivity contribution in [3.8, 4) is 10.6 Å². The Bertz CT molecular complexity index is 599. The molecule has 0 aliphatic carbocycles. The Hall–Kier alpha value is -1.72. The van der Waals surface area contributed by atoms with Gasteiger partial charge >= 0.3 is 5.97 Å². The van der Waals surface area contributed by atoms with Crippen LogP contribution in [-0.4, -0.2) is 23.2 Å². The summed E-state index contributed by atoms with van der Waals surface area (Å²) in [5, 5.41) is 9.94. The number of carboxylic acid groups (broad SMARTS) is 1. The number of carboxylic acids is 1. The Kier molecular flexibility index (Phi) is 3.97. The molecule has 0 fully saturated rings. The summed E-state index contributed by atoms with van der Waals surface area (Å²) in [6.07, 6.45) is 0. The lowest BCUT2D eigenvalue weighted by Crippen LogP contribution is -1.99. The van der Waals surface area contributed by atoms with Crippen LogP contribution in [0.1, 0.15) is 26.5 Å². The predicted octanol–water partition coefficient (Wildman–Crippen LogP) is 3.27. The zero-order valence-corrected chi connectivity index (χ0v) is 11.9. The fraction of sp³-hybridized carbons (Fsp3) is 0.286. The van der Waals surface area contributed by atoms with Gasteiger partial charge in [0.1, 0.15) is 9.88 Å². The van der Waals surface area contributed by atoms with Gasteiger partial charge in [0.05, 0.1) is 12.3 Å². The molecular weight excluding hydrogens is 262 g/mol. The molecule has 19 heavy (non-hydrogen) atoms. The van der Waals surface area contributed by atoms with Crippen molar-refractivity contribution >= 4 is 17.3 Å². The van der Waals surface area contributed by atoms with Crippen molar-refractivity contribution in [2.24, 2.45) is 0 Å². The van der Waals surface area contributed by atoms with E-state index in [1.165, 1.54) is 18.4 Å². The number of thiazole rings is 1. The second-order valence-corrected chi connectivity index (χ2v) is 5.30. The van der Waals surface area contributed by atoms with E-state index in [0.717, 1.165) is 21.7 Å². The summed E-state index contributed by atoms with van der Waals surface area (Å²) >= 11 is 1.20. The molecular formula is C14H15NO3S. The molecule has 1 heterocycles. The standard InChI is InChI=1S/C14H15NO3S/c1-8-5-4-6-9(2)11(8)13-15-10(7-18-3)12(19-13)14(16)17/h4-6H,7H2,1-3H3,(H,16,17). The van der Waals surface area contributed by atoms with Gasteiger partial charge in [-0.15, -0.1) is 11.3 Å². The first-order valence-electron chi connectivity index (χ1n) is 5.83. The third kappa shape index (κ3) is 2.67. The Labute approximate surface area is 115 Å². The van der Waals surface area contributed by atoms with Crippen molar-refractivity contribution in [2.75, 3.05) is 7.11 Å². The number of rotatable bonds is 4. The summed E-state index contributed by atoms with van der Waals surface area (Å²) in [5.74, 6) is -0.956. The molecule has 100 valence electrons. The van der Waals surface area contributed by atoms with Crippen molar-refractivity contribution in [1.29, 1.82) is 0 Å². The number of aromatic carboxylic acids is 1. The Morgan fingerprint density at radius 1 is 1.37 bits per heavy atom. The third-order valence-corrected chi connectivity index (χ3v) is 3.97. The molecule has 0 aliphatic rings. The van der Waals surface area contributed by atoms with E-state index >= 15 is 0 Å². The average Bonchev–Trinajstić information content (AvgIpc) is 2.73. The van der Waals surface area contributed by atoms with E-state index < -0.39 is 5.97 Å². The molecule has 4 nitrogen and oxygen atoms in total. The molecule has 0 unspecified atom stereocenters. The molecule has 2 aromatic rings.